The first-order valence-corrected chi connectivity index (χ1v) is 5.24. The quantitative estimate of drug-likeness (QED) is 0.908. The second-order valence-electron chi connectivity index (χ2n) is 3.56. The van der Waals surface area contributed by atoms with Crippen molar-refractivity contribution in [2.75, 3.05) is 6.61 Å². The first-order valence-electron chi connectivity index (χ1n) is 5.24. The van der Waals surface area contributed by atoms with Crippen LogP contribution in [-0.2, 0) is 0 Å². The smallest absolute Gasteiger partial charge is 0.159 e. The molecule has 92 valence electrons. The van der Waals surface area contributed by atoms with E-state index in [2.05, 4.69) is 9.97 Å². The molecule has 0 aliphatic carbocycles. The fourth-order valence-corrected chi connectivity index (χ4v) is 1.45. The van der Waals surface area contributed by atoms with E-state index in [9.17, 15) is 8.78 Å². The Morgan fingerprint density at radius 3 is 2.61 bits per heavy atom. The summed E-state index contributed by atoms with van der Waals surface area (Å²) in [6.45, 7) is -0.747. The molecular weight excluding hydrogens is 238 g/mol. The molecule has 0 aliphatic heterocycles. The first kappa shape index (κ1) is 12.3. The Kier molecular flexibility index (Phi) is 3.74. The molecule has 1 N–H and O–H groups in total. The number of hydrogen-bond donors (Lipinski definition) is 1. The SMILES string of the molecule is OC/C(F)=C\c1ccc(-c2ncccn2)cc1F. The van der Waals surface area contributed by atoms with Gasteiger partial charge in [-0.3, -0.25) is 0 Å². The lowest BCUT2D eigenvalue weighted by Gasteiger charge is -2.02. The van der Waals surface area contributed by atoms with E-state index in [0.717, 1.165) is 6.08 Å². The molecule has 18 heavy (non-hydrogen) atoms. The summed E-state index contributed by atoms with van der Waals surface area (Å²) in [5.74, 6) is -0.990. The Labute approximate surface area is 102 Å². The summed E-state index contributed by atoms with van der Waals surface area (Å²) in [5, 5.41) is 8.53. The van der Waals surface area contributed by atoms with Crippen molar-refractivity contribution in [3.8, 4) is 11.4 Å². The number of hydrogen-bond acceptors (Lipinski definition) is 3. The molecule has 0 saturated heterocycles. The van der Waals surface area contributed by atoms with E-state index in [1.165, 1.54) is 12.1 Å². The van der Waals surface area contributed by atoms with E-state index in [1.807, 2.05) is 0 Å². The Morgan fingerprint density at radius 1 is 1.28 bits per heavy atom. The predicted octanol–water partition coefficient (Wildman–Crippen LogP) is 2.59. The zero-order valence-corrected chi connectivity index (χ0v) is 9.35. The van der Waals surface area contributed by atoms with Gasteiger partial charge in [0, 0.05) is 23.5 Å². The normalized spacial score (nSPS) is 11.6. The van der Waals surface area contributed by atoms with Crippen molar-refractivity contribution in [2.45, 2.75) is 0 Å². The summed E-state index contributed by atoms with van der Waals surface area (Å²) in [5.41, 5.74) is 0.580. The van der Waals surface area contributed by atoms with Crippen molar-refractivity contribution >= 4 is 6.08 Å². The minimum absolute atomic E-state index is 0.0706. The van der Waals surface area contributed by atoms with Crippen LogP contribution in [0.3, 0.4) is 0 Å². The molecule has 1 heterocycles. The van der Waals surface area contributed by atoms with Gasteiger partial charge in [0.05, 0.1) is 6.61 Å². The average molecular weight is 248 g/mol. The van der Waals surface area contributed by atoms with Crippen molar-refractivity contribution in [2.24, 2.45) is 0 Å². The number of nitrogens with zero attached hydrogens (tertiary/aromatic N) is 2. The van der Waals surface area contributed by atoms with Crippen molar-refractivity contribution < 1.29 is 13.9 Å². The Balaban J connectivity index is 2.37. The van der Waals surface area contributed by atoms with Crippen LogP contribution in [0.25, 0.3) is 17.5 Å². The maximum Gasteiger partial charge on any atom is 0.159 e. The number of halogens is 2. The number of aliphatic hydroxyl groups excluding tert-OH is 1. The first-order chi connectivity index (χ1) is 8.70. The summed E-state index contributed by atoms with van der Waals surface area (Å²) in [7, 11) is 0. The largest absolute Gasteiger partial charge is 0.389 e. The lowest BCUT2D eigenvalue weighted by molar-refractivity contribution is 0.300. The van der Waals surface area contributed by atoms with Crippen LogP contribution in [0.5, 0.6) is 0 Å². The minimum atomic E-state index is -0.794. The zero-order valence-electron chi connectivity index (χ0n) is 9.35. The van der Waals surface area contributed by atoms with Crippen LogP contribution >= 0.6 is 0 Å². The van der Waals surface area contributed by atoms with Crippen LogP contribution in [0.15, 0.2) is 42.5 Å². The van der Waals surface area contributed by atoms with E-state index < -0.39 is 18.3 Å². The molecular formula is C13H10F2N2O. The molecule has 2 rings (SSSR count). The van der Waals surface area contributed by atoms with Crippen LogP contribution < -0.4 is 0 Å². The Morgan fingerprint density at radius 2 is 2.00 bits per heavy atom. The molecule has 3 nitrogen and oxygen atoms in total. The van der Waals surface area contributed by atoms with Gasteiger partial charge in [-0.05, 0) is 18.2 Å². The Hall–Kier alpha value is -2.14. The van der Waals surface area contributed by atoms with Gasteiger partial charge < -0.3 is 5.11 Å². The average Bonchev–Trinajstić information content (AvgIpc) is 2.42. The van der Waals surface area contributed by atoms with E-state index in [4.69, 9.17) is 5.11 Å². The third-order valence-electron chi connectivity index (χ3n) is 2.29. The van der Waals surface area contributed by atoms with Gasteiger partial charge in [0.1, 0.15) is 11.6 Å². The van der Waals surface area contributed by atoms with Gasteiger partial charge in [-0.25, -0.2) is 18.7 Å². The van der Waals surface area contributed by atoms with Gasteiger partial charge >= 0.3 is 0 Å². The van der Waals surface area contributed by atoms with Gasteiger partial charge in [-0.1, -0.05) is 12.1 Å². The van der Waals surface area contributed by atoms with E-state index in [0.29, 0.717) is 11.4 Å². The minimum Gasteiger partial charge on any atom is -0.389 e. The summed E-state index contributed by atoms with van der Waals surface area (Å²) in [6, 6.07) is 5.89. The topological polar surface area (TPSA) is 46.0 Å². The molecule has 5 heteroatoms. The zero-order chi connectivity index (χ0) is 13.0. The highest BCUT2D eigenvalue weighted by Crippen LogP contribution is 2.20. The van der Waals surface area contributed by atoms with E-state index >= 15 is 0 Å². The molecule has 0 spiro atoms. The molecule has 1 aromatic carbocycles. The third kappa shape index (κ3) is 2.75. The molecule has 0 saturated carbocycles. The second-order valence-corrected chi connectivity index (χ2v) is 3.56. The van der Waals surface area contributed by atoms with Gasteiger partial charge in [0.2, 0.25) is 0 Å². The summed E-state index contributed by atoms with van der Waals surface area (Å²) < 4.78 is 26.5. The van der Waals surface area contributed by atoms with Crippen molar-refractivity contribution in [3.63, 3.8) is 0 Å². The summed E-state index contributed by atoms with van der Waals surface area (Å²) in [4.78, 5) is 7.98. The second kappa shape index (κ2) is 5.46. The molecule has 0 aliphatic rings. The maximum absolute atomic E-state index is 13.7. The third-order valence-corrected chi connectivity index (χ3v) is 2.29. The molecule has 0 radical (unpaired) electrons. The number of rotatable bonds is 3. The highest BCUT2D eigenvalue weighted by Gasteiger charge is 2.06. The van der Waals surface area contributed by atoms with Gasteiger partial charge in [-0.2, -0.15) is 0 Å². The Bertz CT molecular complexity index is 570. The molecule has 1 aromatic heterocycles. The fourth-order valence-electron chi connectivity index (χ4n) is 1.45. The lowest BCUT2D eigenvalue weighted by atomic mass is 10.1. The van der Waals surface area contributed by atoms with Crippen LogP contribution in [0.1, 0.15) is 5.56 Å². The summed E-state index contributed by atoms with van der Waals surface area (Å²) in [6.07, 6.45) is 4.06. The van der Waals surface area contributed by atoms with Crippen LogP contribution in [0.2, 0.25) is 0 Å². The van der Waals surface area contributed by atoms with Crippen LogP contribution in [0.4, 0.5) is 8.78 Å². The monoisotopic (exact) mass is 248 g/mol. The molecule has 0 unspecified atom stereocenters. The maximum atomic E-state index is 13.7. The number of aliphatic hydroxyl groups is 1. The van der Waals surface area contributed by atoms with Gasteiger partial charge in [0.15, 0.2) is 5.82 Å². The molecule has 0 bridgehead atoms. The number of benzene rings is 1. The molecule has 2 aromatic rings. The van der Waals surface area contributed by atoms with Gasteiger partial charge in [0.25, 0.3) is 0 Å². The van der Waals surface area contributed by atoms with E-state index in [-0.39, 0.29) is 5.56 Å². The van der Waals surface area contributed by atoms with Crippen molar-refractivity contribution in [1.82, 2.24) is 9.97 Å². The van der Waals surface area contributed by atoms with Gasteiger partial charge in [-0.15, -0.1) is 0 Å². The molecule has 0 amide bonds. The fraction of sp³-hybridized carbons (Fsp3) is 0.0769. The highest BCUT2D eigenvalue weighted by molar-refractivity contribution is 5.60. The molecule has 0 atom stereocenters. The van der Waals surface area contributed by atoms with Crippen molar-refractivity contribution in [3.05, 3.63) is 53.9 Å². The van der Waals surface area contributed by atoms with Crippen LogP contribution in [-0.4, -0.2) is 21.7 Å². The number of aromatic nitrogens is 2. The van der Waals surface area contributed by atoms with Crippen molar-refractivity contribution in [1.29, 1.82) is 0 Å². The van der Waals surface area contributed by atoms with Crippen LogP contribution in [0, 0.1) is 5.82 Å². The standard InChI is InChI=1S/C13H10F2N2O/c14-11(8-18)6-9-2-3-10(7-12(9)15)13-16-4-1-5-17-13/h1-7,18H,8H2/b11-6+. The highest BCUT2D eigenvalue weighted by atomic mass is 19.1. The molecule has 0 fully saturated rings. The lowest BCUT2D eigenvalue weighted by Crippen LogP contribution is -1.91. The predicted molar refractivity (Wildman–Crippen MR) is 63.6 cm³/mol. The van der Waals surface area contributed by atoms with E-state index in [1.54, 1.807) is 24.5 Å². The summed E-state index contributed by atoms with van der Waals surface area (Å²) >= 11 is 0.